The molecule has 0 aliphatic rings. The summed E-state index contributed by atoms with van der Waals surface area (Å²) in [5, 5.41) is 3.83. The zero-order valence-corrected chi connectivity index (χ0v) is 14.0. The van der Waals surface area contributed by atoms with Gasteiger partial charge in [-0.1, -0.05) is 12.1 Å². The van der Waals surface area contributed by atoms with Crippen LogP contribution >= 0.6 is 0 Å². The maximum Gasteiger partial charge on any atom is 0.255 e. The van der Waals surface area contributed by atoms with E-state index in [1.165, 1.54) is 0 Å². The van der Waals surface area contributed by atoms with Gasteiger partial charge in [-0.2, -0.15) is 0 Å². The minimum Gasteiger partial charge on any atom is -0.497 e. The summed E-state index contributed by atoms with van der Waals surface area (Å²) in [5.74, 6) is 0.427. The van der Waals surface area contributed by atoms with Gasteiger partial charge in [0.1, 0.15) is 16.9 Å². The molecule has 0 aliphatic carbocycles. The number of para-hydroxylation sites is 1. The van der Waals surface area contributed by atoms with E-state index < -0.39 is 0 Å². The van der Waals surface area contributed by atoms with Crippen LogP contribution in [0.2, 0.25) is 0 Å². The van der Waals surface area contributed by atoms with Crippen molar-refractivity contribution in [1.29, 1.82) is 0 Å². The lowest BCUT2D eigenvalue weighted by molar-refractivity contribution is 0.102. The molecule has 5 nitrogen and oxygen atoms in total. The van der Waals surface area contributed by atoms with Crippen molar-refractivity contribution < 1.29 is 13.9 Å². The number of amides is 1. The number of carbonyl (C=O) groups excluding carboxylic acids is 1. The molecule has 128 valence electrons. The third-order valence-electron chi connectivity index (χ3n) is 4.19. The molecule has 0 saturated carbocycles. The predicted octanol–water partition coefficient (Wildman–Crippen LogP) is 4.21. The zero-order valence-electron chi connectivity index (χ0n) is 14.0. The van der Waals surface area contributed by atoms with E-state index in [9.17, 15) is 9.59 Å². The second-order valence-electron chi connectivity index (χ2n) is 5.82. The number of hydrogen-bond donors (Lipinski definition) is 1. The van der Waals surface area contributed by atoms with E-state index in [1.807, 2.05) is 6.07 Å². The summed E-state index contributed by atoms with van der Waals surface area (Å²) >= 11 is 0. The number of carbonyl (C=O) groups is 1. The SMILES string of the molecule is COc1ccc(C(=O)Nc2ccc3c(=O)c4ccccc4oc3c2)cc1. The van der Waals surface area contributed by atoms with Crippen molar-refractivity contribution in [3.63, 3.8) is 0 Å². The molecule has 0 atom stereocenters. The summed E-state index contributed by atoms with van der Waals surface area (Å²) < 4.78 is 10.9. The highest BCUT2D eigenvalue weighted by Gasteiger charge is 2.10. The second kappa shape index (κ2) is 6.37. The number of anilines is 1. The summed E-state index contributed by atoms with van der Waals surface area (Å²) in [4.78, 5) is 24.9. The predicted molar refractivity (Wildman–Crippen MR) is 101 cm³/mol. The van der Waals surface area contributed by atoms with Crippen molar-refractivity contribution >= 4 is 33.5 Å². The molecule has 0 saturated heterocycles. The van der Waals surface area contributed by atoms with Gasteiger partial charge < -0.3 is 14.5 Å². The summed E-state index contributed by atoms with van der Waals surface area (Å²) in [7, 11) is 1.57. The van der Waals surface area contributed by atoms with Crippen molar-refractivity contribution in [3.8, 4) is 5.75 Å². The fraction of sp³-hybridized carbons (Fsp3) is 0.0476. The number of nitrogens with one attached hydrogen (secondary N) is 1. The van der Waals surface area contributed by atoms with E-state index in [-0.39, 0.29) is 11.3 Å². The van der Waals surface area contributed by atoms with E-state index in [1.54, 1.807) is 67.8 Å². The van der Waals surface area contributed by atoms with Gasteiger partial charge in [-0.3, -0.25) is 9.59 Å². The highest BCUT2D eigenvalue weighted by Crippen LogP contribution is 2.22. The number of fused-ring (bicyclic) bond motifs is 2. The third-order valence-corrected chi connectivity index (χ3v) is 4.19. The third kappa shape index (κ3) is 2.80. The van der Waals surface area contributed by atoms with Crippen molar-refractivity contribution in [3.05, 3.63) is 82.5 Å². The molecular formula is C21H15NO4. The zero-order chi connectivity index (χ0) is 18.1. The topological polar surface area (TPSA) is 68.5 Å². The van der Waals surface area contributed by atoms with Crippen LogP contribution in [0.4, 0.5) is 5.69 Å². The van der Waals surface area contributed by atoms with Crippen LogP contribution in [0.3, 0.4) is 0 Å². The molecule has 26 heavy (non-hydrogen) atoms. The van der Waals surface area contributed by atoms with Gasteiger partial charge in [-0.15, -0.1) is 0 Å². The van der Waals surface area contributed by atoms with Crippen LogP contribution in [0.5, 0.6) is 5.75 Å². The number of methoxy groups -OCH3 is 1. The van der Waals surface area contributed by atoms with Crippen molar-refractivity contribution in [2.24, 2.45) is 0 Å². The summed E-state index contributed by atoms with van der Waals surface area (Å²) in [6, 6.07) is 18.9. The molecule has 1 heterocycles. The lowest BCUT2D eigenvalue weighted by atomic mass is 10.1. The molecule has 0 bridgehead atoms. The minimum atomic E-state index is -0.255. The normalized spacial score (nSPS) is 10.8. The van der Waals surface area contributed by atoms with Crippen LogP contribution in [-0.4, -0.2) is 13.0 Å². The monoisotopic (exact) mass is 345 g/mol. The smallest absolute Gasteiger partial charge is 0.255 e. The van der Waals surface area contributed by atoms with Crippen LogP contribution in [0.25, 0.3) is 21.9 Å². The van der Waals surface area contributed by atoms with E-state index in [2.05, 4.69) is 5.32 Å². The largest absolute Gasteiger partial charge is 0.497 e. The number of benzene rings is 3. The fourth-order valence-corrected chi connectivity index (χ4v) is 2.82. The van der Waals surface area contributed by atoms with Gasteiger partial charge in [-0.05, 0) is 48.5 Å². The Morgan fingerprint density at radius 3 is 2.42 bits per heavy atom. The Hall–Kier alpha value is -3.60. The van der Waals surface area contributed by atoms with E-state index >= 15 is 0 Å². The lowest BCUT2D eigenvalue weighted by Gasteiger charge is -2.07. The van der Waals surface area contributed by atoms with Gasteiger partial charge in [0.05, 0.1) is 17.9 Å². The molecule has 0 unspecified atom stereocenters. The molecule has 0 spiro atoms. The maximum absolute atomic E-state index is 12.5. The van der Waals surface area contributed by atoms with Crippen LogP contribution in [0.1, 0.15) is 10.4 Å². The van der Waals surface area contributed by atoms with Gasteiger partial charge in [-0.25, -0.2) is 0 Å². The molecule has 4 rings (SSSR count). The first-order valence-electron chi connectivity index (χ1n) is 8.07. The van der Waals surface area contributed by atoms with E-state index in [0.29, 0.717) is 38.9 Å². The average molecular weight is 345 g/mol. The highest BCUT2D eigenvalue weighted by molar-refractivity contribution is 6.05. The Balaban J connectivity index is 1.69. The van der Waals surface area contributed by atoms with E-state index in [0.717, 1.165) is 0 Å². The molecule has 1 amide bonds. The van der Waals surface area contributed by atoms with Gasteiger partial charge >= 0.3 is 0 Å². The fourth-order valence-electron chi connectivity index (χ4n) is 2.82. The van der Waals surface area contributed by atoms with Crippen LogP contribution < -0.4 is 15.5 Å². The lowest BCUT2D eigenvalue weighted by Crippen LogP contribution is -2.12. The molecule has 5 heteroatoms. The van der Waals surface area contributed by atoms with Gasteiger partial charge in [0, 0.05) is 17.3 Å². The van der Waals surface area contributed by atoms with Crippen LogP contribution in [0, 0.1) is 0 Å². The number of rotatable bonds is 3. The standard InChI is InChI=1S/C21H15NO4/c1-25-15-9-6-13(7-10-15)21(24)22-14-8-11-17-19(12-14)26-18-5-3-2-4-16(18)20(17)23/h2-12H,1H3,(H,22,24). The molecule has 4 aromatic rings. The van der Waals surface area contributed by atoms with E-state index in [4.69, 9.17) is 9.15 Å². The Morgan fingerprint density at radius 2 is 1.65 bits per heavy atom. The molecule has 1 N–H and O–H groups in total. The Kier molecular flexibility index (Phi) is 3.89. The van der Waals surface area contributed by atoms with Crippen molar-refractivity contribution in [2.75, 3.05) is 12.4 Å². The average Bonchev–Trinajstić information content (AvgIpc) is 2.68. The van der Waals surface area contributed by atoms with Gasteiger partial charge in [0.25, 0.3) is 5.91 Å². The van der Waals surface area contributed by atoms with Crippen molar-refractivity contribution in [2.45, 2.75) is 0 Å². The number of hydrogen-bond acceptors (Lipinski definition) is 4. The van der Waals surface area contributed by atoms with Gasteiger partial charge in [0.15, 0.2) is 0 Å². The van der Waals surface area contributed by atoms with Gasteiger partial charge in [0.2, 0.25) is 5.43 Å². The van der Waals surface area contributed by atoms with Crippen LogP contribution in [0.15, 0.2) is 75.9 Å². The molecule has 3 aromatic carbocycles. The Labute approximate surface area is 148 Å². The molecule has 0 fully saturated rings. The highest BCUT2D eigenvalue weighted by atomic mass is 16.5. The summed E-state index contributed by atoms with van der Waals surface area (Å²) in [6.07, 6.45) is 0. The van der Waals surface area contributed by atoms with Crippen molar-refractivity contribution in [1.82, 2.24) is 0 Å². The maximum atomic E-state index is 12.5. The molecule has 0 aliphatic heterocycles. The summed E-state index contributed by atoms with van der Waals surface area (Å²) in [6.45, 7) is 0. The first-order valence-corrected chi connectivity index (χ1v) is 8.07. The first-order chi connectivity index (χ1) is 12.7. The molecule has 0 radical (unpaired) electrons. The van der Waals surface area contributed by atoms with Crippen LogP contribution in [-0.2, 0) is 0 Å². The quantitative estimate of drug-likeness (QED) is 0.565. The Morgan fingerprint density at radius 1 is 0.923 bits per heavy atom. The Bertz CT molecular complexity index is 1180. The first kappa shape index (κ1) is 15.9. The number of ether oxygens (including phenoxy) is 1. The molecule has 1 aromatic heterocycles. The minimum absolute atomic E-state index is 0.0881. The molecular weight excluding hydrogens is 330 g/mol. The summed E-state index contributed by atoms with van der Waals surface area (Å²) in [5.41, 5.74) is 1.92. The second-order valence-corrected chi connectivity index (χ2v) is 5.82.